The number of rotatable bonds is 2. The number of nitrogens with zero attached hydrogens (tertiary/aromatic N) is 1. The molecule has 21 heavy (non-hydrogen) atoms. The molecule has 2 aliphatic rings. The van der Waals surface area contributed by atoms with Crippen molar-refractivity contribution in [2.24, 2.45) is 11.8 Å². The summed E-state index contributed by atoms with van der Waals surface area (Å²) in [4.78, 5) is 26.2. The van der Waals surface area contributed by atoms with E-state index in [-0.39, 0.29) is 23.7 Å². The molecule has 0 amide bonds. The van der Waals surface area contributed by atoms with Crippen molar-refractivity contribution in [3.8, 4) is 0 Å². The highest BCUT2D eigenvalue weighted by atomic mass is 16.6. The summed E-state index contributed by atoms with van der Waals surface area (Å²) in [6.45, 7) is 4.11. The lowest BCUT2D eigenvalue weighted by molar-refractivity contribution is -0.153. The highest BCUT2D eigenvalue weighted by molar-refractivity contribution is 5.99. The fourth-order valence-corrected chi connectivity index (χ4v) is 3.96. The number of carbonyl (C=O) groups is 2. The molecule has 0 unspecified atom stereocenters. The van der Waals surface area contributed by atoms with E-state index < -0.39 is 11.5 Å². The van der Waals surface area contributed by atoms with Crippen LogP contribution in [0, 0.1) is 11.8 Å². The number of ketones is 1. The van der Waals surface area contributed by atoms with E-state index >= 15 is 0 Å². The van der Waals surface area contributed by atoms with Gasteiger partial charge in [-0.05, 0) is 32.9 Å². The fraction of sp³-hybridized carbons (Fsp3) is 0.529. The topological polar surface area (TPSA) is 46.6 Å². The molecule has 4 heteroatoms. The second-order valence-electron chi connectivity index (χ2n) is 6.51. The molecule has 2 heterocycles. The van der Waals surface area contributed by atoms with Gasteiger partial charge in [0.25, 0.3) is 0 Å². The van der Waals surface area contributed by atoms with Gasteiger partial charge in [0, 0.05) is 18.5 Å². The lowest BCUT2D eigenvalue weighted by Gasteiger charge is -2.45. The van der Waals surface area contributed by atoms with Gasteiger partial charge in [0.2, 0.25) is 0 Å². The van der Waals surface area contributed by atoms with Gasteiger partial charge >= 0.3 is 5.97 Å². The molecule has 0 spiro atoms. The molecule has 0 aliphatic carbocycles. The third-order valence-corrected chi connectivity index (χ3v) is 4.97. The van der Waals surface area contributed by atoms with E-state index in [1.165, 1.54) is 12.5 Å². The summed E-state index contributed by atoms with van der Waals surface area (Å²) < 4.78 is 5.58. The Morgan fingerprint density at radius 2 is 2.00 bits per heavy atom. The van der Waals surface area contributed by atoms with Gasteiger partial charge in [-0.25, -0.2) is 0 Å². The minimum Gasteiger partial charge on any atom is -0.457 e. The largest absolute Gasteiger partial charge is 0.457 e. The maximum absolute atomic E-state index is 12.1. The summed E-state index contributed by atoms with van der Waals surface area (Å²) in [6, 6.07) is 10.5. The summed E-state index contributed by atoms with van der Waals surface area (Å²) in [7, 11) is 2.05. The van der Waals surface area contributed by atoms with E-state index in [1.54, 1.807) is 0 Å². The molecule has 4 atom stereocenters. The molecular weight excluding hydrogens is 266 g/mol. The molecule has 2 saturated heterocycles. The Kier molecular flexibility index (Phi) is 3.36. The van der Waals surface area contributed by atoms with Crippen molar-refractivity contribution in [1.29, 1.82) is 0 Å². The first-order valence-electron chi connectivity index (χ1n) is 7.41. The minimum atomic E-state index is -0.602. The molecule has 2 fully saturated rings. The lowest BCUT2D eigenvalue weighted by Crippen LogP contribution is -2.51. The van der Waals surface area contributed by atoms with Gasteiger partial charge in [-0.1, -0.05) is 30.3 Å². The lowest BCUT2D eigenvalue weighted by atomic mass is 9.72. The van der Waals surface area contributed by atoms with Crippen LogP contribution in [0.4, 0.5) is 0 Å². The van der Waals surface area contributed by atoms with Gasteiger partial charge in [0.05, 0.1) is 0 Å². The monoisotopic (exact) mass is 287 g/mol. The normalized spacial score (nSPS) is 36.1. The summed E-state index contributed by atoms with van der Waals surface area (Å²) in [5, 5.41) is 0. The van der Waals surface area contributed by atoms with E-state index in [0.717, 1.165) is 6.42 Å². The van der Waals surface area contributed by atoms with Crippen LogP contribution >= 0.6 is 0 Å². The Balaban J connectivity index is 1.93. The first-order valence-corrected chi connectivity index (χ1v) is 7.41. The van der Waals surface area contributed by atoms with Crippen LogP contribution in [0.3, 0.4) is 0 Å². The highest BCUT2D eigenvalue weighted by Gasteiger charge is 2.58. The average molecular weight is 287 g/mol. The van der Waals surface area contributed by atoms with E-state index in [1.807, 2.05) is 32.2 Å². The Morgan fingerprint density at radius 1 is 1.33 bits per heavy atom. The van der Waals surface area contributed by atoms with Crippen molar-refractivity contribution in [3.05, 3.63) is 35.9 Å². The summed E-state index contributed by atoms with van der Waals surface area (Å²) in [6.07, 6.45) is 0.771. The zero-order valence-electron chi connectivity index (χ0n) is 12.7. The smallest absolute Gasteiger partial charge is 0.317 e. The second-order valence-corrected chi connectivity index (χ2v) is 6.51. The highest BCUT2D eigenvalue weighted by Crippen LogP contribution is 2.48. The van der Waals surface area contributed by atoms with E-state index in [0.29, 0.717) is 6.54 Å². The van der Waals surface area contributed by atoms with Gasteiger partial charge in [-0.15, -0.1) is 0 Å². The van der Waals surface area contributed by atoms with E-state index in [2.05, 4.69) is 17.0 Å². The average Bonchev–Trinajstić information content (AvgIpc) is 2.67. The quantitative estimate of drug-likeness (QED) is 0.618. The third kappa shape index (κ3) is 2.27. The number of ether oxygens (including phenoxy) is 1. The number of carbonyl (C=O) groups excluding carboxylic acids is 2. The maximum Gasteiger partial charge on any atom is 0.317 e. The molecule has 1 aromatic carbocycles. The van der Waals surface area contributed by atoms with E-state index in [9.17, 15) is 9.59 Å². The van der Waals surface area contributed by atoms with E-state index in [4.69, 9.17) is 4.74 Å². The number of esters is 1. The number of likely N-dealkylation sites (N-methyl/N-ethyl adjacent to an activating group) is 1. The second kappa shape index (κ2) is 4.95. The van der Waals surface area contributed by atoms with Crippen molar-refractivity contribution < 1.29 is 14.3 Å². The Hall–Kier alpha value is -1.68. The Bertz CT molecular complexity index is 571. The first kappa shape index (κ1) is 14.3. The summed E-state index contributed by atoms with van der Waals surface area (Å²) in [5.41, 5.74) is 0.677. The number of benzene rings is 1. The molecule has 0 aromatic heterocycles. The SMILES string of the molecule is CC(=O)[C@H]1C(=O)O[C@@]2(C)CN(C)[C@@H](c3ccccc3)C[C@H]12. The molecule has 1 aromatic rings. The van der Waals surface area contributed by atoms with Gasteiger partial charge in [-0.2, -0.15) is 0 Å². The molecule has 0 radical (unpaired) electrons. The third-order valence-electron chi connectivity index (χ3n) is 4.97. The number of fused-ring (bicyclic) bond motifs is 1. The van der Waals surface area contributed by atoms with Crippen molar-refractivity contribution in [2.45, 2.75) is 31.9 Å². The van der Waals surface area contributed by atoms with Crippen molar-refractivity contribution in [3.63, 3.8) is 0 Å². The Morgan fingerprint density at radius 3 is 2.62 bits per heavy atom. The van der Waals surface area contributed by atoms with Crippen LogP contribution in [0.25, 0.3) is 0 Å². The van der Waals surface area contributed by atoms with Gasteiger partial charge in [0.1, 0.15) is 17.3 Å². The number of hydrogen-bond donors (Lipinski definition) is 0. The number of piperidine rings is 1. The van der Waals surface area contributed by atoms with Gasteiger partial charge < -0.3 is 4.74 Å². The molecule has 0 saturated carbocycles. The summed E-state index contributed by atoms with van der Waals surface area (Å²) in [5.74, 6) is -1.07. The van der Waals surface area contributed by atoms with Gasteiger partial charge in [-0.3, -0.25) is 14.5 Å². The zero-order valence-corrected chi connectivity index (χ0v) is 12.7. The predicted octanol–water partition coefficient (Wildman–Crippen LogP) is 2.20. The zero-order chi connectivity index (χ0) is 15.2. The molecular formula is C17H21NO3. The van der Waals surface area contributed by atoms with Crippen LogP contribution in [0.2, 0.25) is 0 Å². The molecule has 3 rings (SSSR count). The molecule has 0 N–H and O–H groups in total. The van der Waals surface area contributed by atoms with Crippen molar-refractivity contribution in [1.82, 2.24) is 4.90 Å². The minimum absolute atomic E-state index is 0.0380. The standard InChI is InChI=1S/C17H21NO3/c1-11(19)15-13-9-14(12-7-5-4-6-8-12)18(3)10-17(13,2)21-16(15)20/h4-8,13-15H,9-10H2,1-3H3/t13-,14-,15-,17+/m1/s1. The first-order chi connectivity index (χ1) is 9.92. The maximum atomic E-state index is 12.1. The molecule has 4 nitrogen and oxygen atoms in total. The molecule has 112 valence electrons. The van der Waals surface area contributed by atoms with Crippen LogP contribution in [0.5, 0.6) is 0 Å². The van der Waals surface area contributed by atoms with Crippen LogP contribution in [-0.2, 0) is 14.3 Å². The summed E-state index contributed by atoms with van der Waals surface area (Å²) >= 11 is 0. The molecule has 2 aliphatic heterocycles. The van der Waals surface area contributed by atoms with Crippen molar-refractivity contribution >= 4 is 11.8 Å². The fourth-order valence-electron chi connectivity index (χ4n) is 3.96. The van der Waals surface area contributed by atoms with Crippen LogP contribution in [0.15, 0.2) is 30.3 Å². The van der Waals surface area contributed by atoms with Crippen LogP contribution in [-0.4, -0.2) is 35.8 Å². The number of Topliss-reactive ketones (excluding diaryl/α,β-unsaturated/α-hetero) is 1. The Labute approximate surface area is 125 Å². The number of hydrogen-bond acceptors (Lipinski definition) is 4. The molecule has 0 bridgehead atoms. The number of likely N-dealkylation sites (tertiary alicyclic amines) is 1. The predicted molar refractivity (Wildman–Crippen MR) is 78.6 cm³/mol. The van der Waals surface area contributed by atoms with Crippen molar-refractivity contribution in [2.75, 3.05) is 13.6 Å². The van der Waals surface area contributed by atoms with Gasteiger partial charge in [0.15, 0.2) is 0 Å². The van der Waals surface area contributed by atoms with Crippen LogP contribution in [0.1, 0.15) is 31.9 Å². The van der Waals surface area contributed by atoms with Crippen LogP contribution < -0.4 is 0 Å².